The van der Waals surface area contributed by atoms with E-state index < -0.39 is 5.82 Å². The molecule has 0 heterocycles. The van der Waals surface area contributed by atoms with Gasteiger partial charge in [0.25, 0.3) is 0 Å². The third kappa shape index (κ3) is 2.67. The fourth-order valence-corrected chi connectivity index (χ4v) is 0.965. The minimum Gasteiger partial charge on any atom is -0.368 e. The minimum atomic E-state index is -0.438. The van der Waals surface area contributed by atoms with Crippen LogP contribution in [0.2, 0.25) is 0 Å². The van der Waals surface area contributed by atoms with Crippen molar-refractivity contribution in [3.05, 3.63) is 28.5 Å². The molecule has 13 heavy (non-hydrogen) atoms. The first-order valence-corrected chi connectivity index (χ1v) is 4.12. The molecule has 0 amide bonds. The van der Waals surface area contributed by atoms with Crippen LogP contribution in [0.1, 0.15) is 0 Å². The summed E-state index contributed by atoms with van der Waals surface area (Å²) in [6.45, 7) is 0. The van der Waals surface area contributed by atoms with Crippen LogP contribution in [0.4, 0.5) is 10.1 Å². The first-order chi connectivity index (χ1) is 6.13. The molecule has 0 fully saturated rings. The van der Waals surface area contributed by atoms with Crippen molar-refractivity contribution >= 4 is 27.6 Å². The number of hydroxylamine groups is 1. The van der Waals surface area contributed by atoms with Crippen molar-refractivity contribution in [2.75, 3.05) is 0 Å². The van der Waals surface area contributed by atoms with E-state index in [9.17, 15) is 4.39 Å². The Morgan fingerprint density at radius 3 is 2.85 bits per heavy atom. The fourth-order valence-electron chi connectivity index (χ4n) is 0.719. The normalized spacial score (nSPS) is 11.5. The van der Waals surface area contributed by atoms with Gasteiger partial charge >= 0.3 is 0 Å². The van der Waals surface area contributed by atoms with Gasteiger partial charge in [-0.05, 0) is 28.1 Å². The lowest BCUT2D eigenvalue weighted by molar-refractivity contribution is 0.233. The lowest BCUT2D eigenvalue weighted by Gasteiger charge is -1.98. The summed E-state index contributed by atoms with van der Waals surface area (Å²) in [5.41, 5.74) is 7.11. The molecule has 0 aliphatic carbocycles. The molecule has 4 N–H and O–H groups in total. The van der Waals surface area contributed by atoms with Crippen LogP contribution in [0, 0.1) is 5.82 Å². The van der Waals surface area contributed by atoms with E-state index in [2.05, 4.69) is 20.9 Å². The molecule has 1 rings (SSSR count). The minimum absolute atomic E-state index is 0.193. The summed E-state index contributed by atoms with van der Waals surface area (Å²) in [7, 11) is 0. The highest BCUT2D eigenvalue weighted by Gasteiger charge is 1.99. The first-order valence-electron chi connectivity index (χ1n) is 3.33. The Kier molecular flexibility index (Phi) is 3.21. The number of nitrogens with two attached hydrogens (primary N) is 1. The number of halogens is 2. The van der Waals surface area contributed by atoms with E-state index in [1.807, 2.05) is 0 Å². The van der Waals surface area contributed by atoms with E-state index in [-0.39, 0.29) is 5.96 Å². The SMILES string of the molecule is NC(=Nc1ccc(Br)c(F)c1)NO. The molecule has 0 saturated heterocycles. The molecule has 4 nitrogen and oxygen atoms in total. The Morgan fingerprint density at radius 2 is 2.31 bits per heavy atom. The maximum absolute atomic E-state index is 12.9. The Labute approximate surface area is 82.4 Å². The third-order valence-electron chi connectivity index (χ3n) is 1.27. The van der Waals surface area contributed by atoms with Gasteiger partial charge < -0.3 is 5.73 Å². The molecule has 0 atom stereocenters. The van der Waals surface area contributed by atoms with E-state index in [1.54, 1.807) is 11.5 Å². The Hall–Kier alpha value is -1.14. The van der Waals surface area contributed by atoms with E-state index in [0.717, 1.165) is 0 Å². The molecule has 6 heteroatoms. The van der Waals surface area contributed by atoms with Crippen LogP contribution in [0.15, 0.2) is 27.7 Å². The van der Waals surface area contributed by atoms with Crippen LogP contribution in [-0.2, 0) is 0 Å². The molecular weight excluding hydrogens is 241 g/mol. The van der Waals surface area contributed by atoms with Gasteiger partial charge in [0.15, 0.2) is 0 Å². The predicted molar refractivity (Wildman–Crippen MR) is 50.3 cm³/mol. The average Bonchev–Trinajstić information content (AvgIpc) is 2.11. The number of nitrogens with zero attached hydrogens (tertiary/aromatic N) is 1. The molecule has 0 bridgehead atoms. The summed E-state index contributed by atoms with van der Waals surface area (Å²) in [5.74, 6) is -0.631. The number of benzene rings is 1. The van der Waals surface area contributed by atoms with E-state index in [0.29, 0.717) is 10.2 Å². The second kappa shape index (κ2) is 4.20. The number of hydrogen-bond donors (Lipinski definition) is 3. The van der Waals surface area contributed by atoms with Gasteiger partial charge in [0.2, 0.25) is 5.96 Å². The molecule has 0 radical (unpaired) electrons. The van der Waals surface area contributed by atoms with Gasteiger partial charge in [-0.15, -0.1) is 0 Å². The largest absolute Gasteiger partial charge is 0.368 e. The smallest absolute Gasteiger partial charge is 0.218 e. The van der Waals surface area contributed by atoms with Crippen LogP contribution >= 0.6 is 15.9 Å². The monoisotopic (exact) mass is 247 g/mol. The number of hydrogen-bond acceptors (Lipinski definition) is 2. The number of nitrogens with one attached hydrogen (secondary N) is 1. The summed E-state index contributed by atoms with van der Waals surface area (Å²) in [4.78, 5) is 3.65. The summed E-state index contributed by atoms with van der Waals surface area (Å²) >= 11 is 2.99. The average molecular weight is 248 g/mol. The number of aliphatic imine (C=N–C) groups is 1. The summed E-state index contributed by atoms with van der Waals surface area (Å²) < 4.78 is 13.2. The third-order valence-corrected chi connectivity index (χ3v) is 1.91. The highest BCUT2D eigenvalue weighted by molar-refractivity contribution is 9.10. The van der Waals surface area contributed by atoms with Gasteiger partial charge in [0.1, 0.15) is 5.82 Å². The molecule has 0 aromatic heterocycles. The van der Waals surface area contributed by atoms with Crippen LogP contribution in [-0.4, -0.2) is 11.2 Å². The second-order valence-corrected chi connectivity index (χ2v) is 3.06. The van der Waals surface area contributed by atoms with Crippen molar-refractivity contribution in [1.82, 2.24) is 5.48 Å². The quantitative estimate of drug-likeness (QED) is 0.401. The van der Waals surface area contributed by atoms with Gasteiger partial charge in [-0.1, -0.05) is 0 Å². The topological polar surface area (TPSA) is 70.6 Å². The van der Waals surface area contributed by atoms with E-state index in [1.165, 1.54) is 12.1 Å². The molecule has 0 spiro atoms. The van der Waals surface area contributed by atoms with Crippen LogP contribution < -0.4 is 11.2 Å². The second-order valence-electron chi connectivity index (χ2n) is 2.21. The van der Waals surface area contributed by atoms with Crippen molar-refractivity contribution in [2.24, 2.45) is 10.7 Å². The first kappa shape index (κ1) is 9.94. The maximum atomic E-state index is 12.9. The van der Waals surface area contributed by atoms with Crippen molar-refractivity contribution in [3.63, 3.8) is 0 Å². The molecule has 1 aromatic carbocycles. The standard InChI is InChI=1S/C7H7BrFN3O/c8-5-2-1-4(3-6(5)9)11-7(10)12-13/h1-3,13H,(H3,10,11,12). The van der Waals surface area contributed by atoms with E-state index in [4.69, 9.17) is 10.9 Å². The molecule has 1 aromatic rings. The van der Waals surface area contributed by atoms with Gasteiger partial charge in [-0.2, -0.15) is 0 Å². The molecule has 0 unspecified atom stereocenters. The molecule has 0 aliphatic heterocycles. The highest BCUT2D eigenvalue weighted by atomic mass is 79.9. The van der Waals surface area contributed by atoms with Gasteiger partial charge in [0, 0.05) is 6.07 Å². The van der Waals surface area contributed by atoms with Crippen molar-refractivity contribution in [2.45, 2.75) is 0 Å². The van der Waals surface area contributed by atoms with Gasteiger partial charge in [-0.3, -0.25) is 5.21 Å². The lowest BCUT2D eigenvalue weighted by atomic mass is 10.3. The maximum Gasteiger partial charge on any atom is 0.218 e. The molecule has 0 aliphatic rings. The number of rotatable bonds is 1. The zero-order chi connectivity index (χ0) is 9.84. The summed E-state index contributed by atoms with van der Waals surface area (Å²) in [5, 5.41) is 8.31. The van der Waals surface area contributed by atoms with Crippen LogP contribution in [0.5, 0.6) is 0 Å². The fraction of sp³-hybridized carbons (Fsp3) is 0. The van der Waals surface area contributed by atoms with Gasteiger partial charge in [-0.25, -0.2) is 14.9 Å². The Bertz CT molecular complexity index is 343. The summed E-state index contributed by atoms with van der Waals surface area (Å²) in [6.07, 6.45) is 0. The molecule has 0 saturated carbocycles. The van der Waals surface area contributed by atoms with E-state index >= 15 is 0 Å². The van der Waals surface area contributed by atoms with Crippen molar-refractivity contribution in [1.29, 1.82) is 0 Å². The van der Waals surface area contributed by atoms with Crippen LogP contribution in [0.3, 0.4) is 0 Å². The zero-order valence-electron chi connectivity index (χ0n) is 6.46. The van der Waals surface area contributed by atoms with Crippen LogP contribution in [0.25, 0.3) is 0 Å². The lowest BCUT2D eigenvalue weighted by Crippen LogP contribution is -2.27. The Morgan fingerprint density at radius 1 is 1.62 bits per heavy atom. The van der Waals surface area contributed by atoms with Crippen molar-refractivity contribution in [3.8, 4) is 0 Å². The van der Waals surface area contributed by atoms with Gasteiger partial charge in [0.05, 0.1) is 10.2 Å². The highest BCUT2D eigenvalue weighted by Crippen LogP contribution is 2.20. The van der Waals surface area contributed by atoms with Crippen molar-refractivity contribution < 1.29 is 9.60 Å². The predicted octanol–water partition coefficient (Wildman–Crippen LogP) is 1.51. The summed E-state index contributed by atoms with van der Waals surface area (Å²) in [6, 6.07) is 4.24. The molecular formula is C7H7BrFN3O. The molecule has 70 valence electrons. The Balaban J connectivity index is 2.98. The zero-order valence-corrected chi connectivity index (χ0v) is 8.05. The number of guanidine groups is 1.